The summed E-state index contributed by atoms with van der Waals surface area (Å²) in [6.07, 6.45) is 0. The lowest BCUT2D eigenvalue weighted by atomic mass is 9.87. The number of morpholine rings is 1. The summed E-state index contributed by atoms with van der Waals surface area (Å²) in [5.74, 6) is 0.849. The number of rotatable bonds is 12. The van der Waals surface area contributed by atoms with E-state index in [1.165, 1.54) is 0 Å². The summed E-state index contributed by atoms with van der Waals surface area (Å²) >= 11 is 5.81. The molecule has 0 unspecified atom stereocenters. The second kappa shape index (κ2) is 13.7. The van der Waals surface area contributed by atoms with Crippen LogP contribution in [0.4, 0.5) is 11.8 Å². The maximum atomic E-state index is 13.6. The molecule has 0 spiro atoms. The zero-order valence-corrected chi connectivity index (χ0v) is 24.9. The molecule has 1 fully saturated rings. The molecule has 0 aliphatic carbocycles. The average molecular weight is 607 g/mol. The van der Waals surface area contributed by atoms with E-state index >= 15 is 0 Å². The van der Waals surface area contributed by atoms with E-state index in [4.69, 9.17) is 30.5 Å². The minimum Gasteiger partial charge on any atom is -0.474 e. The quantitative estimate of drug-likeness (QED) is 0.227. The highest BCUT2D eigenvalue weighted by Crippen LogP contribution is 2.38. The molecule has 0 saturated carbocycles. The van der Waals surface area contributed by atoms with E-state index in [-0.39, 0.29) is 65.2 Å². The molecular weight excluding hydrogens is 572 g/mol. The first-order valence-corrected chi connectivity index (χ1v) is 15.2. The number of alkyl halides is 1. The van der Waals surface area contributed by atoms with Crippen molar-refractivity contribution >= 4 is 33.4 Å². The average Bonchev–Trinajstić information content (AvgIpc) is 2.95. The van der Waals surface area contributed by atoms with Crippen LogP contribution in [0, 0.1) is 0 Å². The highest BCUT2D eigenvalue weighted by atomic mass is 35.5. The van der Waals surface area contributed by atoms with Crippen molar-refractivity contribution in [1.82, 2.24) is 9.97 Å². The largest absolute Gasteiger partial charge is 0.474 e. The Morgan fingerprint density at radius 1 is 1.05 bits per heavy atom. The lowest BCUT2D eigenvalue weighted by molar-refractivity contribution is 0.0785. The van der Waals surface area contributed by atoms with Gasteiger partial charge in [-0.1, -0.05) is 56.6 Å². The number of hydrogen-bond acceptors (Lipinski definition) is 10. The van der Waals surface area contributed by atoms with Crippen molar-refractivity contribution in [3.63, 3.8) is 0 Å². The van der Waals surface area contributed by atoms with Crippen LogP contribution in [0.25, 0.3) is 0 Å². The van der Waals surface area contributed by atoms with Crippen molar-refractivity contribution in [2.24, 2.45) is 0 Å². The van der Waals surface area contributed by atoms with Gasteiger partial charge >= 0.3 is 0 Å². The Hall–Kier alpha value is -3.16. The molecule has 1 aromatic heterocycles. The van der Waals surface area contributed by atoms with Gasteiger partial charge in [0, 0.05) is 13.1 Å². The van der Waals surface area contributed by atoms with Crippen LogP contribution >= 0.6 is 11.6 Å². The minimum atomic E-state index is -4.10. The summed E-state index contributed by atoms with van der Waals surface area (Å²) in [6.45, 7) is 7.91. The van der Waals surface area contributed by atoms with Crippen LogP contribution in [0.1, 0.15) is 32.0 Å². The normalized spacial score (nSPS) is 14.1. The Morgan fingerprint density at radius 2 is 1.73 bits per heavy atom. The van der Waals surface area contributed by atoms with Crippen molar-refractivity contribution in [2.75, 3.05) is 55.2 Å². The van der Waals surface area contributed by atoms with Gasteiger partial charge in [-0.15, -0.1) is 0 Å². The summed E-state index contributed by atoms with van der Waals surface area (Å²) in [4.78, 5) is 11.2. The third-order valence-corrected chi connectivity index (χ3v) is 7.69. The smallest absolute Gasteiger partial charge is 0.263 e. The fraction of sp³-hybridized carbons (Fsp3) is 0.429. The van der Waals surface area contributed by atoms with Gasteiger partial charge in [-0.25, -0.2) is 13.4 Å². The highest BCUT2D eigenvalue weighted by Gasteiger charge is 2.26. The number of hydrogen-bond donors (Lipinski definition) is 2. The molecule has 4 rings (SSSR count). The van der Waals surface area contributed by atoms with Crippen LogP contribution < -0.4 is 19.1 Å². The number of para-hydroxylation sites is 2. The molecule has 2 heterocycles. The van der Waals surface area contributed by atoms with Crippen molar-refractivity contribution in [3.05, 3.63) is 59.8 Å². The number of nitrogens with one attached hydrogen (secondary N) is 1. The number of ether oxygens (including phenoxy) is 4. The number of anilines is 2. The number of sulfonamides is 1. The molecule has 0 atom stereocenters. The molecule has 0 bridgehead atoms. The van der Waals surface area contributed by atoms with E-state index in [0.717, 1.165) is 5.56 Å². The summed E-state index contributed by atoms with van der Waals surface area (Å²) in [5, 5.41) is 9.27. The third kappa shape index (κ3) is 7.98. The Balaban J connectivity index is 1.81. The number of benzene rings is 2. The molecule has 0 radical (unpaired) electrons. The highest BCUT2D eigenvalue weighted by molar-refractivity contribution is 7.92. The molecule has 1 aliphatic heterocycles. The van der Waals surface area contributed by atoms with Gasteiger partial charge in [0.05, 0.1) is 37.9 Å². The van der Waals surface area contributed by atoms with E-state index in [1.54, 1.807) is 48.5 Å². The van der Waals surface area contributed by atoms with Crippen LogP contribution in [0.3, 0.4) is 0 Å². The van der Waals surface area contributed by atoms with Crippen molar-refractivity contribution < 1.29 is 32.5 Å². The van der Waals surface area contributed by atoms with E-state index in [0.29, 0.717) is 32.1 Å². The lowest BCUT2D eigenvalue weighted by Crippen LogP contribution is -2.37. The second-order valence-corrected chi connectivity index (χ2v) is 12.1. The third-order valence-electron chi connectivity index (χ3n) is 6.23. The zero-order chi connectivity index (χ0) is 29.5. The molecular formula is C28H35ClN4O7S. The molecule has 2 aromatic carbocycles. The summed E-state index contributed by atoms with van der Waals surface area (Å²) < 4.78 is 52.6. The Labute approximate surface area is 245 Å². The molecule has 2 N–H and O–H groups in total. The van der Waals surface area contributed by atoms with E-state index < -0.39 is 10.0 Å². The number of aliphatic hydroxyl groups excluding tert-OH is 1. The fourth-order valence-corrected chi connectivity index (χ4v) is 5.16. The Kier molecular flexibility index (Phi) is 10.3. The molecule has 1 saturated heterocycles. The van der Waals surface area contributed by atoms with Gasteiger partial charge in [0.25, 0.3) is 10.0 Å². The van der Waals surface area contributed by atoms with Crippen LogP contribution in [-0.2, 0) is 31.5 Å². The number of aromatic nitrogens is 2. The molecule has 41 heavy (non-hydrogen) atoms. The SMILES string of the molecule is CC(C)(C)c1ccc(S(=O)(=O)Nc2nc(N3CCOCC3)nc(COCCO)c2Oc2ccccc2OCCl)cc1. The van der Waals surface area contributed by atoms with Gasteiger partial charge in [0.15, 0.2) is 29.1 Å². The maximum Gasteiger partial charge on any atom is 0.263 e. The van der Waals surface area contributed by atoms with Crippen LogP contribution in [0.2, 0.25) is 0 Å². The number of aliphatic hydroxyl groups is 1. The monoisotopic (exact) mass is 606 g/mol. The van der Waals surface area contributed by atoms with Crippen molar-refractivity contribution in [2.45, 2.75) is 37.7 Å². The summed E-state index contributed by atoms with van der Waals surface area (Å²) in [6, 6.07) is 13.4. The summed E-state index contributed by atoms with van der Waals surface area (Å²) in [7, 11) is -4.10. The van der Waals surface area contributed by atoms with Gasteiger partial charge in [0.1, 0.15) is 5.69 Å². The van der Waals surface area contributed by atoms with E-state index in [1.807, 2.05) is 4.90 Å². The number of halogens is 1. The molecule has 3 aromatic rings. The summed E-state index contributed by atoms with van der Waals surface area (Å²) in [5.41, 5.74) is 1.13. The van der Waals surface area contributed by atoms with Gasteiger partial charge < -0.3 is 29.0 Å². The van der Waals surface area contributed by atoms with E-state index in [9.17, 15) is 13.5 Å². The first-order valence-electron chi connectivity index (χ1n) is 13.1. The maximum absolute atomic E-state index is 13.6. The van der Waals surface area contributed by atoms with Gasteiger partial charge in [-0.05, 0) is 35.2 Å². The van der Waals surface area contributed by atoms with Crippen LogP contribution in [0.15, 0.2) is 53.4 Å². The predicted molar refractivity (Wildman–Crippen MR) is 156 cm³/mol. The van der Waals surface area contributed by atoms with Crippen LogP contribution in [-0.4, -0.2) is 69.1 Å². The topological polar surface area (TPSA) is 132 Å². The minimum absolute atomic E-state index is 0.0282. The lowest BCUT2D eigenvalue weighted by Gasteiger charge is -2.28. The van der Waals surface area contributed by atoms with Gasteiger partial charge in [-0.3, -0.25) is 4.72 Å². The number of nitrogens with zero attached hydrogens (tertiary/aromatic N) is 3. The van der Waals surface area contributed by atoms with Crippen molar-refractivity contribution in [1.29, 1.82) is 0 Å². The Morgan fingerprint density at radius 3 is 2.37 bits per heavy atom. The van der Waals surface area contributed by atoms with Gasteiger partial charge in [-0.2, -0.15) is 4.98 Å². The van der Waals surface area contributed by atoms with E-state index in [2.05, 4.69) is 35.5 Å². The zero-order valence-electron chi connectivity index (χ0n) is 23.3. The second-order valence-electron chi connectivity index (χ2n) is 10.2. The van der Waals surface area contributed by atoms with Crippen molar-refractivity contribution in [3.8, 4) is 17.2 Å². The molecule has 0 amide bonds. The molecule has 11 nitrogen and oxygen atoms in total. The fourth-order valence-electron chi connectivity index (χ4n) is 4.04. The molecule has 222 valence electrons. The first-order chi connectivity index (χ1) is 19.6. The Bertz CT molecular complexity index is 1410. The molecule has 13 heteroatoms. The van der Waals surface area contributed by atoms with Crippen LogP contribution in [0.5, 0.6) is 17.2 Å². The molecule has 1 aliphatic rings. The predicted octanol–water partition coefficient (Wildman–Crippen LogP) is 4.29. The standard InChI is InChI=1S/C28H35ClN4O7S/c1-28(2,3)20-8-10-21(11-9-20)41(35,36)32-26-25(40-24-7-5-4-6-23(24)39-19-29)22(18-38-17-14-34)30-27(31-26)33-12-15-37-16-13-33/h4-11,34H,12-19H2,1-3H3,(H,30,31,32). The van der Waals surface area contributed by atoms with Gasteiger partial charge in [0.2, 0.25) is 5.95 Å². The first kappa shape index (κ1) is 30.8.